The molecule has 0 aliphatic carbocycles. The molecule has 1 aliphatic heterocycles. The SMILES string of the molecule is C=C/C=C\C1=C(/C)C#Cc2ccccc2N(C=O)C1. The van der Waals surface area contributed by atoms with Crippen LogP contribution in [0.1, 0.15) is 12.5 Å². The normalized spacial score (nSPS) is 18.1. The molecule has 2 nitrogen and oxygen atoms in total. The summed E-state index contributed by atoms with van der Waals surface area (Å²) in [4.78, 5) is 13.0. The maximum Gasteiger partial charge on any atom is 0.214 e. The van der Waals surface area contributed by atoms with Crippen molar-refractivity contribution in [3.63, 3.8) is 0 Å². The van der Waals surface area contributed by atoms with Crippen molar-refractivity contribution in [3.8, 4) is 11.8 Å². The van der Waals surface area contributed by atoms with E-state index in [9.17, 15) is 4.79 Å². The number of para-hydroxylation sites is 1. The predicted molar refractivity (Wildman–Crippen MR) is 78.8 cm³/mol. The highest BCUT2D eigenvalue weighted by Crippen LogP contribution is 2.22. The Morgan fingerprint density at radius 3 is 2.84 bits per heavy atom. The Hall–Kier alpha value is -2.53. The maximum absolute atomic E-state index is 11.3. The first-order chi connectivity index (χ1) is 9.26. The standard InChI is InChI=1S/C17H15NO/c1-3-4-7-16-12-18(13-19)17-9-6-5-8-15(17)11-10-14(16)2/h3-9,13H,1,12H2,2H3/b7-4-,16-14-. The largest absolute Gasteiger partial charge is 0.309 e. The third kappa shape index (κ3) is 2.83. The molecule has 1 aromatic carbocycles. The first kappa shape index (κ1) is 12.9. The van der Waals surface area contributed by atoms with Crippen LogP contribution in [0.2, 0.25) is 0 Å². The Morgan fingerprint density at radius 1 is 1.32 bits per heavy atom. The highest BCUT2D eigenvalue weighted by molar-refractivity contribution is 5.80. The first-order valence-electron chi connectivity index (χ1n) is 6.08. The number of hydrogen-bond donors (Lipinski definition) is 0. The minimum Gasteiger partial charge on any atom is -0.309 e. The fourth-order valence-corrected chi connectivity index (χ4v) is 1.91. The molecule has 0 radical (unpaired) electrons. The second-order valence-electron chi connectivity index (χ2n) is 4.25. The number of nitrogens with zero attached hydrogens (tertiary/aromatic N) is 1. The Kier molecular flexibility index (Phi) is 4.00. The van der Waals surface area contributed by atoms with Gasteiger partial charge in [0.25, 0.3) is 0 Å². The Bertz CT molecular complexity index is 626. The van der Waals surface area contributed by atoms with Crippen LogP contribution in [0.15, 0.2) is 60.2 Å². The van der Waals surface area contributed by atoms with Crippen molar-refractivity contribution in [2.75, 3.05) is 11.4 Å². The van der Waals surface area contributed by atoms with E-state index < -0.39 is 0 Å². The van der Waals surface area contributed by atoms with Gasteiger partial charge in [-0.3, -0.25) is 4.79 Å². The molecule has 0 atom stereocenters. The summed E-state index contributed by atoms with van der Waals surface area (Å²) in [6.07, 6.45) is 6.37. The van der Waals surface area contributed by atoms with E-state index in [0.29, 0.717) is 6.54 Å². The number of carbonyl (C=O) groups excluding carboxylic acids is 1. The molecule has 1 aliphatic rings. The number of fused-ring (bicyclic) bond motifs is 1. The van der Waals surface area contributed by atoms with Gasteiger partial charge in [-0.1, -0.05) is 48.8 Å². The molecule has 1 aromatic rings. The van der Waals surface area contributed by atoms with E-state index in [0.717, 1.165) is 28.8 Å². The van der Waals surface area contributed by atoms with E-state index in [1.807, 2.05) is 43.3 Å². The number of rotatable bonds is 3. The smallest absolute Gasteiger partial charge is 0.214 e. The topological polar surface area (TPSA) is 20.3 Å². The lowest BCUT2D eigenvalue weighted by atomic mass is 10.0. The molecule has 1 heterocycles. The molecule has 0 saturated heterocycles. The van der Waals surface area contributed by atoms with Gasteiger partial charge in [0.15, 0.2) is 0 Å². The van der Waals surface area contributed by atoms with E-state index in [1.165, 1.54) is 0 Å². The average molecular weight is 249 g/mol. The molecular formula is C17H15NO. The lowest BCUT2D eigenvalue weighted by Gasteiger charge is -2.21. The van der Waals surface area contributed by atoms with Gasteiger partial charge in [0.05, 0.1) is 12.2 Å². The van der Waals surface area contributed by atoms with Crippen LogP contribution >= 0.6 is 0 Å². The van der Waals surface area contributed by atoms with Crippen molar-refractivity contribution in [1.29, 1.82) is 0 Å². The van der Waals surface area contributed by atoms with Crippen molar-refractivity contribution in [3.05, 3.63) is 65.8 Å². The summed E-state index contributed by atoms with van der Waals surface area (Å²) in [6.45, 7) is 6.14. The van der Waals surface area contributed by atoms with Gasteiger partial charge in [0.1, 0.15) is 0 Å². The lowest BCUT2D eigenvalue weighted by Crippen LogP contribution is -2.25. The van der Waals surface area contributed by atoms with E-state index in [-0.39, 0.29) is 0 Å². The second kappa shape index (κ2) is 5.88. The Balaban J connectivity index is 2.54. The zero-order chi connectivity index (χ0) is 13.7. The molecule has 2 rings (SSSR count). The second-order valence-corrected chi connectivity index (χ2v) is 4.25. The van der Waals surface area contributed by atoms with Gasteiger partial charge in [-0.15, -0.1) is 0 Å². The fraction of sp³-hybridized carbons (Fsp3) is 0.118. The molecule has 0 bridgehead atoms. The van der Waals surface area contributed by atoms with Gasteiger partial charge >= 0.3 is 0 Å². The summed E-state index contributed by atoms with van der Waals surface area (Å²) in [5, 5.41) is 0. The molecular weight excluding hydrogens is 234 g/mol. The van der Waals surface area contributed by atoms with Gasteiger partial charge in [0, 0.05) is 11.1 Å². The summed E-state index contributed by atoms with van der Waals surface area (Å²) < 4.78 is 0. The third-order valence-electron chi connectivity index (χ3n) is 2.98. The zero-order valence-electron chi connectivity index (χ0n) is 10.9. The lowest BCUT2D eigenvalue weighted by molar-refractivity contribution is -0.107. The first-order valence-corrected chi connectivity index (χ1v) is 6.08. The van der Waals surface area contributed by atoms with Crippen LogP contribution in [0, 0.1) is 11.8 Å². The Labute approximate surface area is 113 Å². The molecule has 0 spiro atoms. The van der Waals surface area contributed by atoms with Crippen LogP contribution in [0.25, 0.3) is 0 Å². The molecule has 0 unspecified atom stereocenters. The Morgan fingerprint density at radius 2 is 2.11 bits per heavy atom. The van der Waals surface area contributed by atoms with Crippen LogP contribution < -0.4 is 4.90 Å². The van der Waals surface area contributed by atoms with E-state index in [2.05, 4.69) is 18.4 Å². The number of allylic oxidation sites excluding steroid dienone is 3. The van der Waals surface area contributed by atoms with Crippen molar-refractivity contribution < 1.29 is 4.79 Å². The molecule has 0 fully saturated rings. The molecule has 0 saturated carbocycles. The highest BCUT2D eigenvalue weighted by atomic mass is 16.1. The van der Waals surface area contributed by atoms with Gasteiger partial charge in [-0.25, -0.2) is 0 Å². The van der Waals surface area contributed by atoms with Crippen molar-refractivity contribution >= 4 is 12.1 Å². The third-order valence-corrected chi connectivity index (χ3v) is 2.98. The summed E-state index contributed by atoms with van der Waals surface area (Å²) in [5.74, 6) is 6.26. The molecule has 0 aromatic heterocycles. The minimum atomic E-state index is 0.519. The molecule has 1 amide bonds. The zero-order valence-corrected chi connectivity index (χ0v) is 10.9. The van der Waals surface area contributed by atoms with Crippen LogP contribution in [-0.4, -0.2) is 13.0 Å². The number of benzene rings is 1. The van der Waals surface area contributed by atoms with Gasteiger partial charge in [0.2, 0.25) is 6.41 Å². The molecule has 0 N–H and O–H groups in total. The minimum absolute atomic E-state index is 0.519. The van der Waals surface area contributed by atoms with E-state index in [1.54, 1.807) is 11.0 Å². The van der Waals surface area contributed by atoms with Crippen molar-refractivity contribution in [2.24, 2.45) is 0 Å². The van der Waals surface area contributed by atoms with E-state index in [4.69, 9.17) is 0 Å². The number of amides is 1. The maximum atomic E-state index is 11.3. The van der Waals surface area contributed by atoms with Gasteiger partial charge in [-0.2, -0.15) is 0 Å². The molecule has 94 valence electrons. The average Bonchev–Trinajstić information content (AvgIpc) is 2.44. The van der Waals surface area contributed by atoms with Crippen molar-refractivity contribution in [2.45, 2.75) is 6.92 Å². The monoisotopic (exact) mass is 249 g/mol. The summed E-state index contributed by atoms with van der Waals surface area (Å²) in [5.41, 5.74) is 3.72. The van der Waals surface area contributed by atoms with E-state index >= 15 is 0 Å². The van der Waals surface area contributed by atoms with Crippen LogP contribution in [0.5, 0.6) is 0 Å². The number of anilines is 1. The van der Waals surface area contributed by atoms with Crippen LogP contribution in [-0.2, 0) is 4.79 Å². The predicted octanol–water partition coefficient (Wildman–Crippen LogP) is 3.07. The summed E-state index contributed by atoms with van der Waals surface area (Å²) >= 11 is 0. The molecule has 19 heavy (non-hydrogen) atoms. The number of hydrogen-bond acceptors (Lipinski definition) is 1. The fourth-order valence-electron chi connectivity index (χ4n) is 1.91. The van der Waals surface area contributed by atoms with Gasteiger partial charge in [-0.05, 0) is 24.6 Å². The van der Waals surface area contributed by atoms with Crippen LogP contribution in [0.4, 0.5) is 5.69 Å². The molecule has 2 heteroatoms. The van der Waals surface area contributed by atoms with Crippen LogP contribution in [0.3, 0.4) is 0 Å². The highest BCUT2D eigenvalue weighted by Gasteiger charge is 2.13. The van der Waals surface area contributed by atoms with Gasteiger partial charge < -0.3 is 4.90 Å². The number of carbonyl (C=O) groups is 1. The summed E-state index contributed by atoms with van der Waals surface area (Å²) in [6, 6.07) is 7.68. The summed E-state index contributed by atoms with van der Waals surface area (Å²) in [7, 11) is 0. The van der Waals surface area contributed by atoms with Crippen molar-refractivity contribution in [1.82, 2.24) is 0 Å². The quantitative estimate of drug-likeness (QED) is 0.458.